The van der Waals surface area contributed by atoms with Gasteiger partial charge in [0.05, 0.1) is 26.5 Å². The fourth-order valence-electron chi connectivity index (χ4n) is 1.67. The zero-order chi connectivity index (χ0) is 11.9. The van der Waals surface area contributed by atoms with Crippen LogP contribution in [0.2, 0.25) is 10.0 Å². The molecule has 0 bridgehead atoms. The minimum absolute atomic E-state index is 0.160. The monoisotopic (exact) mass is 256 g/mol. The lowest BCUT2D eigenvalue weighted by Gasteiger charge is -2.10. The van der Waals surface area contributed by atoms with E-state index < -0.39 is 10.3 Å². The Morgan fingerprint density at radius 3 is 2.19 bits per heavy atom. The van der Waals surface area contributed by atoms with Gasteiger partial charge in [-0.3, -0.25) is 10.1 Å². The number of rotatable bonds is 2. The molecule has 0 saturated heterocycles. The fourth-order valence-corrected chi connectivity index (χ4v) is 2.50. The first-order valence-corrected chi connectivity index (χ1v) is 5.31. The molecule has 0 radical (unpaired) electrons. The van der Waals surface area contributed by atoms with Gasteiger partial charge in [-0.05, 0) is 12.8 Å². The van der Waals surface area contributed by atoms with Crippen molar-refractivity contribution in [3.05, 3.63) is 37.9 Å². The summed E-state index contributed by atoms with van der Waals surface area (Å²) >= 11 is 11.9. The van der Waals surface area contributed by atoms with Crippen molar-refractivity contribution in [3.63, 3.8) is 0 Å². The van der Waals surface area contributed by atoms with Crippen LogP contribution in [-0.4, -0.2) is 4.92 Å². The quantitative estimate of drug-likeness (QED) is 0.601. The zero-order valence-electron chi connectivity index (χ0n) is 8.04. The summed E-state index contributed by atoms with van der Waals surface area (Å²) in [6, 6.07) is 4.63. The molecule has 0 unspecified atom stereocenters. The first kappa shape index (κ1) is 11.2. The molecule has 0 heterocycles. The lowest BCUT2D eigenvalue weighted by atomic mass is 9.97. The topological polar surface area (TPSA) is 66.9 Å². The zero-order valence-corrected chi connectivity index (χ0v) is 9.55. The molecule has 1 fully saturated rings. The third-order valence-electron chi connectivity index (χ3n) is 2.68. The summed E-state index contributed by atoms with van der Waals surface area (Å²) in [5.74, 6) is 0. The van der Waals surface area contributed by atoms with Gasteiger partial charge < -0.3 is 0 Å². The predicted molar refractivity (Wildman–Crippen MR) is 59.6 cm³/mol. The van der Waals surface area contributed by atoms with Crippen molar-refractivity contribution in [1.82, 2.24) is 0 Å². The maximum Gasteiger partial charge on any atom is 0.272 e. The molecule has 2 rings (SSSR count). The van der Waals surface area contributed by atoms with E-state index in [0.717, 1.165) is 0 Å². The third kappa shape index (κ3) is 1.62. The van der Waals surface area contributed by atoms with Crippen molar-refractivity contribution < 1.29 is 4.92 Å². The van der Waals surface area contributed by atoms with E-state index in [9.17, 15) is 10.1 Å². The van der Waals surface area contributed by atoms with Crippen LogP contribution in [0.25, 0.3) is 0 Å². The average Bonchev–Trinajstić information content (AvgIpc) is 2.97. The van der Waals surface area contributed by atoms with E-state index in [1.807, 2.05) is 0 Å². The van der Waals surface area contributed by atoms with Gasteiger partial charge in [0.25, 0.3) is 5.69 Å². The van der Waals surface area contributed by atoms with E-state index in [2.05, 4.69) is 6.07 Å². The highest BCUT2D eigenvalue weighted by Crippen LogP contribution is 2.53. The van der Waals surface area contributed by atoms with Crippen molar-refractivity contribution in [2.75, 3.05) is 0 Å². The number of benzene rings is 1. The highest BCUT2D eigenvalue weighted by Gasteiger charge is 2.48. The molecule has 1 aliphatic carbocycles. The van der Waals surface area contributed by atoms with Crippen molar-refractivity contribution in [3.8, 4) is 6.07 Å². The summed E-state index contributed by atoms with van der Waals surface area (Å²) in [5, 5.41) is 20.0. The van der Waals surface area contributed by atoms with Crippen LogP contribution in [0.5, 0.6) is 0 Å². The smallest absolute Gasteiger partial charge is 0.258 e. The Labute approximate surface area is 102 Å². The second-order valence-electron chi connectivity index (χ2n) is 3.74. The summed E-state index contributed by atoms with van der Waals surface area (Å²) in [6.45, 7) is 0. The molecule has 6 heteroatoms. The predicted octanol–water partition coefficient (Wildman–Crippen LogP) is 3.46. The second-order valence-corrected chi connectivity index (χ2v) is 4.55. The van der Waals surface area contributed by atoms with Gasteiger partial charge in [0.1, 0.15) is 0 Å². The molecule has 4 nitrogen and oxygen atoms in total. The van der Waals surface area contributed by atoms with E-state index in [-0.39, 0.29) is 15.7 Å². The number of nitrogens with zero attached hydrogens (tertiary/aromatic N) is 2. The fraction of sp³-hybridized carbons (Fsp3) is 0.300. The summed E-state index contributed by atoms with van der Waals surface area (Å²) < 4.78 is 0. The first-order chi connectivity index (χ1) is 7.50. The lowest BCUT2D eigenvalue weighted by Crippen LogP contribution is -2.05. The van der Waals surface area contributed by atoms with Gasteiger partial charge in [0.2, 0.25) is 0 Å². The van der Waals surface area contributed by atoms with E-state index >= 15 is 0 Å². The number of halogens is 2. The van der Waals surface area contributed by atoms with Gasteiger partial charge in [0.15, 0.2) is 0 Å². The molecule has 0 atom stereocenters. The van der Waals surface area contributed by atoms with Crippen LogP contribution in [0, 0.1) is 21.4 Å². The lowest BCUT2D eigenvalue weighted by molar-refractivity contribution is -0.384. The second kappa shape index (κ2) is 3.62. The molecular formula is C10H6Cl2N2O2. The number of non-ortho nitro benzene ring substituents is 1. The summed E-state index contributed by atoms with van der Waals surface area (Å²) in [7, 11) is 0. The van der Waals surface area contributed by atoms with Crippen molar-refractivity contribution >= 4 is 28.9 Å². The van der Waals surface area contributed by atoms with Gasteiger partial charge in [-0.2, -0.15) is 5.26 Å². The number of nitro groups is 1. The van der Waals surface area contributed by atoms with E-state index in [1.165, 1.54) is 12.1 Å². The van der Waals surface area contributed by atoms with Crippen molar-refractivity contribution in [1.29, 1.82) is 5.26 Å². The molecule has 1 aromatic rings. The molecule has 82 valence electrons. The van der Waals surface area contributed by atoms with E-state index in [0.29, 0.717) is 18.4 Å². The highest BCUT2D eigenvalue weighted by molar-refractivity contribution is 6.36. The Bertz CT molecular complexity index is 495. The average molecular weight is 257 g/mol. The third-order valence-corrected chi connectivity index (χ3v) is 3.28. The number of hydrogen-bond acceptors (Lipinski definition) is 3. The first-order valence-electron chi connectivity index (χ1n) is 4.55. The molecule has 16 heavy (non-hydrogen) atoms. The van der Waals surface area contributed by atoms with Gasteiger partial charge >= 0.3 is 0 Å². The molecule has 0 N–H and O–H groups in total. The number of nitro benzene ring substituents is 1. The normalized spacial score (nSPS) is 16.6. The van der Waals surface area contributed by atoms with E-state index in [4.69, 9.17) is 28.5 Å². The minimum atomic E-state index is -0.636. The Hall–Kier alpha value is -1.31. The molecule has 1 aliphatic rings. The molecule has 1 aromatic carbocycles. The SMILES string of the molecule is N#CC1(c2c(Cl)cc([N+](=O)[O-])cc2Cl)CC1. The van der Waals surface area contributed by atoms with Crippen LogP contribution in [0.4, 0.5) is 5.69 Å². The minimum Gasteiger partial charge on any atom is -0.258 e. The molecule has 0 aliphatic heterocycles. The number of nitriles is 1. The van der Waals surface area contributed by atoms with Crippen LogP contribution in [0.1, 0.15) is 18.4 Å². The van der Waals surface area contributed by atoms with Crippen molar-refractivity contribution in [2.45, 2.75) is 18.3 Å². The Kier molecular flexibility index (Phi) is 2.53. The van der Waals surface area contributed by atoms with E-state index in [1.54, 1.807) is 0 Å². The summed E-state index contributed by atoms with van der Waals surface area (Å²) in [6.07, 6.45) is 1.39. The molecule has 0 amide bonds. The largest absolute Gasteiger partial charge is 0.272 e. The van der Waals surface area contributed by atoms with Gasteiger partial charge in [-0.25, -0.2) is 0 Å². The molecule has 0 aromatic heterocycles. The Morgan fingerprint density at radius 2 is 1.88 bits per heavy atom. The maximum absolute atomic E-state index is 10.6. The van der Waals surface area contributed by atoms with Gasteiger partial charge in [-0.15, -0.1) is 0 Å². The van der Waals surface area contributed by atoms with Crippen molar-refractivity contribution in [2.24, 2.45) is 0 Å². The summed E-state index contributed by atoms with van der Waals surface area (Å²) in [5.41, 5.74) is -0.278. The standard InChI is InChI=1S/C10H6Cl2N2O2/c11-7-3-6(14(15)16)4-8(12)9(7)10(5-13)1-2-10/h3-4H,1-2H2. The van der Waals surface area contributed by atoms with Crippen LogP contribution in [0.3, 0.4) is 0 Å². The summed E-state index contributed by atoms with van der Waals surface area (Å²) in [4.78, 5) is 10.0. The van der Waals surface area contributed by atoms with Gasteiger partial charge in [-0.1, -0.05) is 23.2 Å². The molecule has 0 spiro atoms. The van der Waals surface area contributed by atoms with Crippen LogP contribution in [-0.2, 0) is 5.41 Å². The number of hydrogen-bond donors (Lipinski definition) is 0. The molecule has 1 saturated carbocycles. The van der Waals surface area contributed by atoms with Crippen LogP contribution < -0.4 is 0 Å². The Morgan fingerprint density at radius 1 is 1.38 bits per heavy atom. The van der Waals surface area contributed by atoms with Gasteiger partial charge in [0, 0.05) is 17.7 Å². The van der Waals surface area contributed by atoms with Crippen LogP contribution >= 0.6 is 23.2 Å². The highest BCUT2D eigenvalue weighted by atomic mass is 35.5. The van der Waals surface area contributed by atoms with Crippen LogP contribution in [0.15, 0.2) is 12.1 Å². The maximum atomic E-state index is 10.6. The Balaban J connectivity index is 2.58. The molecular weight excluding hydrogens is 251 g/mol.